The van der Waals surface area contributed by atoms with E-state index in [0.29, 0.717) is 33.2 Å². The number of anilines is 1. The summed E-state index contributed by atoms with van der Waals surface area (Å²) < 4.78 is 5.28. The van der Waals surface area contributed by atoms with Crippen molar-refractivity contribution in [2.24, 2.45) is 0 Å². The van der Waals surface area contributed by atoms with Gasteiger partial charge in [-0.3, -0.25) is 10.1 Å². The first kappa shape index (κ1) is 15.0. The number of thiophene rings is 1. The first-order chi connectivity index (χ1) is 11.6. The molecule has 0 bridgehead atoms. The molecule has 1 amide bonds. The minimum atomic E-state index is -0.249. The average molecular weight is 356 g/mol. The van der Waals surface area contributed by atoms with Gasteiger partial charge < -0.3 is 4.52 Å². The van der Waals surface area contributed by atoms with E-state index in [1.165, 1.54) is 11.3 Å². The van der Waals surface area contributed by atoms with Crippen LogP contribution in [0.5, 0.6) is 0 Å². The minimum absolute atomic E-state index is 0.249. The lowest BCUT2D eigenvalue weighted by atomic mass is 10.1. The Labute approximate surface area is 145 Å². The van der Waals surface area contributed by atoms with E-state index >= 15 is 0 Å². The second-order valence-corrected chi connectivity index (χ2v) is 7.39. The van der Waals surface area contributed by atoms with Gasteiger partial charge in [-0.25, -0.2) is 9.97 Å². The van der Waals surface area contributed by atoms with Gasteiger partial charge in [0.1, 0.15) is 0 Å². The van der Waals surface area contributed by atoms with Gasteiger partial charge in [-0.05, 0) is 31.4 Å². The molecule has 4 aromatic heterocycles. The first-order valence-electron chi connectivity index (χ1n) is 7.16. The summed E-state index contributed by atoms with van der Waals surface area (Å²) in [5, 5.41) is 9.93. The summed E-state index contributed by atoms with van der Waals surface area (Å²) in [6.07, 6.45) is 1.73. The summed E-state index contributed by atoms with van der Waals surface area (Å²) in [4.78, 5) is 23.4. The van der Waals surface area contributed by atoms with Gasteiger partial charge in [0.2, 0.25) is 0 Å². The normalized spacial score (nSPS) is 11.1. The Bertz CT molecular complexity index is 1030. The molecule has 0 radical (unpaired) electrons. The molecule has 0 atom stereocenters. The van der Waals surface area contributed by atoms with Gasteiger partial charge in [-0.15, -0.1) is 22.7 Å². The van der Waals surface area contributed by atoms with E-state index in [1.807, 2.05) is 24.4 Å². The topological polar surface area (TPSA) is 80.9 Å². The van der Waals surface area contributed by atoms with Crippen LogP contribution in [0.1, 0.15) is 20.9 Å². The number of carbonyl (C=O) groups is 1. The third-order valence-electron chi connectivity index (χ3n) is 3.48. The van der Waals surface area contributed by atoms with Crippen LogP contribution in [0.2, 0.25) is 0 Å². The number of amides is 1. The molecule has 4 heterocycles. The van der Waals surface area contributed by atoms with Crippen molar-refractivity contribution in [3.63, 3.8) is 0 Å². The smallest absolute Gasteiger partial charge is 0.259 e. The maximum atomic E-state index is 12.8. The fourth-order valence-corrected chi connectivity index (χ4v) is 3.75. The lowest BCUT2D eigenvalue weighted by Gasteiger charge is -2.05. The average Bonchev–Trinajstić information content (AvgIpc) is 3.29. The fraction of sp³-hybridized carbons (Fsp3) is 0.125. The van der Waals surface area contributed by atoms with Gasteiger partial charge in [0, 0.05) is 11.1 Å². The molecule has 0 aromatic carbocycles. The molecule has 0 fully saturated rings. The van der Waals surface area contributed by atoms with Crippen molar-refractivity contribution in [3.05, 3.63) is 45.9 Å². The number of pyridine rings is 1. The maximum absolute atomic E-state index is 12.8. The van der Waals surface area contributed by atoms with E-state index < -0.39 is 0 Å². The summed E-state index contributed by atoms with van der Waals surface area (Å²) >= 11 is 2.98. The second-order valence-electron chi connectivity index (χ2n) is 5.21. The number of aromatic nitrogens is 3. The highest BCUT2D eigenvalue weighted by molar-refractivity contribution is 7.15. The van der Waals surface area contributed by atoms with Crippen LogP contribution in [0.4, 0.5) is 5.13 Å². The first-order valence-corrected chi connectivity index (χ1v) is 8.86. The highest BCUT2D eigenvalue weighted by Crippen LogP contribution is 2.30. The van der Waals surface area contributed by atoms with Crippen LogP contribution < -0.4 is 5.32 Å². The molecule has 0 aliphatic heterocycles. The predicted molar refractivity (Wildman–Crippen MR) is 94.7 cm³/mol. The van der Waals surface area contributed by atoms with Crippen LogP contribution >= 0.6 is 22.7 Å². The highest BCUT2D eigenvalue weighted by Gasteiger charge is 2.20. The fourth-order valence-electron chi connectivity index (χ4n) is 2.40. The van der Waals surface area contributed by atoms with E-state index in [2.05, 4.69) is 20.4 Å². The van der Waals surface area contributed by atoms with Crippen molar-refractivity contribution >= 4 is 44.8 Å². The van der Waals surface area contributed by atoms with Crippen molar-refractivity contribution in [2.75, 3.05) is 5.32 Å². The molecular formula is C16H12N4O2S2. The summed E-state index contributed by atoms with van der Waals surface area (Å²) in [6, 6.07) is 5.66. The zero-order valence-corrected chi connectivity index (χ0v) is 14.5. The monoisotopic (exact) mass is 356 g/mol. The van der Waals surface area contributed by atoms with Gasteiger partial charge in [-0.2, -0.15) is 0 Å². The van der Waals surface area contributed by atoms with E-state index in [4.69, 9.17) is 4.52 Å². The van der Waals surface area contributed by atoms with E-state index in [0.717, 1.165) is 9.75 Å². The molecule has 8 heteroatoms. The lowest BCUT2D eigenvalue weighted by molar-refractivity contribution is 0.102. The second kappa shape index (κ2) is 5.81. The van der Waals surface area contributed by atoms with Crippen molar-refractivity contribution < 1.29 is 9.32 Å². The SMILES string of the molecule is Cc1cnc(NC(=O)c2cc(-c3cccs3)nc3onc(C)c23)s1. The van der Waals surface area contributed by atoms with Gasteiger partial charge in [0.15, 0.2) is 5.13 Å². The third kappa shape index (κ3) is 2.59. The predicted octanol–water partition coefficient (Wildman–Crippen LogP) is 4.28. The number of rotatable bonds is 3. The molecule has 6 nitrogen and oxygen atoms in total. The van der Waals surface area contributed by atoms with Gasteiger partial charge in [0.05, 0.1) is 27.2 Å². The molecule has 0 aliphatic carbocycles. The van der Waals surface area contributed by atoms with Crippen LogP contribution in [-0.4, -0.2) is 21.0 Å². The van der Waals surface area contributed by atoms with E-state index in [9.17, 15) is 4.79 Å². The number of thiazole rings is 1. The molecule has 0 saturated carbocycles. The largest absolute Gasteiger partial charge is 0.335 e. The highest BCUT2D eigenvalue weighted by atomic mass is 32.1. The number of nitrogens with one attached hydrogen (secondary N) is 1. The Balaban J connectivity index is 1.83. The van der Waals surface area contributed by atoms with Crippen LogP contribution in [0.15, 0.2) is 34.3 Å². The van der Waals surface area contributed by atoms with Crippen LogP contribution in [-0.2, 0) is 0 Å². The molecule has 120 valence electrons. The number of aryl methyl sites for hydroxylation is 2. The Hall–Kier alpha value is -2.58. The molecule has 1 N–H and O–H groups in total. The summed E-state index contributed by atoms with van der Waals surface area (Å²) in [5.74, 6) is -0.249. The molecule has 0 spiro atoms. The maximum Gasteiger partial charge on any atom is 0.259 e. The molecule has 4 aromatic rings. The molecule has 24 heavy (non-hydrogen) atoms. The molecule has 4 rings (SSSR count). The Morgan fingerprint density at radius 2 is 2.21 bits per heavy atom. The van der Waals surface area contributed by atoms with Crippen LogP contribution in [0, 0.1) is 13.8 Å². The van der Waals surface area contributed by atoms with Crippen molar-refractivity contribution in [1.82, 2.24) is 15.1 Å². The molecule has 0 unspecified atom stereocenters. The van der Waals surface area contributed by atoms with Crippen LogP contribution in [0.3, 0.4) is 0 Å². The molecule has 0 saturated heterocycles. The quantitative estimate of drug-likeness (QED) is 0.593. The number of hydrogen-bond acceptors (Lipinski definition) is 7. The zero-order valence-electron chi connectivity index (χ0n) is 12.9. The number of carbonyl (C=O) groups excluding carboxylic acids is 1. The van der Waals surface area contributed by atoms with Gasteiger partial charge in [-0.1, -0.05) is 11.2 Å². The minimum Gasteiger partial charge on any atom is -0.335 e. The molecular weight excluding hydrogens is 344 g/mol. The third-order valence-corrected chi connectivity index (χ3v) is 5.20. The van der Waals surface area contributed by atoms with Crippen LogP contribution in [0.25, 0.3) is 21.7 Å². The standard InChI is InChI=1S/C16H12N4O2S2/c1-8-7-17-16(24-8)19-14(21)10-6-11(12-4-3-5-23-12)18-15-13(10)9(2)20-22-15/h3-7H,1-2H3,(H,17,19,21). The Morgan fingerprint density at radius 3 is 2.92 bits per heavy atom. The summed E-state index contributed by atoms with van der Waals surface area (Å²) in [6.45, 7) is 3.74. The Kier molecular flexibility index (Phi) is 3.62. The number of hydrogen-bond donors (Lipinski definition) is 1. The zero-order chi connectivity index (χ0) is 16.7. The van der Waals surface area contributed by atoms with Gasteiger partial charge in [0.25, 0.3) is 11.6 Å². The van der Waals surface area contributed by atoms with Crippen molar-refractivity contribution in [2.45, 2.75) is 13.8 Å². The van der Waals surface area contributed by atoms with E-state index in [1.54, 1.807) is 30.5 Å². The Morgan fingerprint density at radius 1 is 1.33 bits per heavy atom. The van der Waals surface area contributed by atoms with Crippen molar-refractivity contribution in [1.29, 1.82) is 0 Å². The summed E-state index contributed by atoms with van der Waals surface area (Å²) in [5.41, 5.74) is 2.17. The molecule has 0 aliphatic rings. The van der Waals surface area contributed by atoms with Crippen molar-refractivity contribution in [3.8, 4) is 10.6 Å². The summed E-state index contributed by atoms with van der Waals surface area (Å²) in [7, 11) is 0. The van der Waals surface area contributed by atoms with Gasteiger partial charge >= 0.3 is 0 Å². The van der Waals surface area contributed by atoms with E-state index in [-0.39, 0.29) is 5.91 Å². The lowest BCUT2D eigenvalue weighted by Crippen LogP contribution is -2.12. The number of fused-ring (bicyclic) bond motifs is 1. The number of nitrogens with zero attached hydrogens (tertiary/aromatic N) is 3.